The largest absolute Gasteiger partial charge is 0.398 e. The van der Waals surface area contributed by atoms with Gasteiger partial charge in [-0.1, -0.05) is 13.3 Å². The van der Waals surface area contributed by atoms with Gasteiger partial charge in [-0.15, -0.1) is 0 Å². The fourth-order valence-corrected chi connectivity index (χ4v) is 2.23. The summed E-state index contributed by atoms with van der Waals surface area (Å²) in [5, 5.41) is 4.27. The first-order valence-electron chi connectivity index (χ1n) is 6.11. The SMILES string of the molecule is CCCc1cc(F)cc(-c2cc(C)nn2C)c1N. The van der Waals surface area contributed by atoms with Crippen molar-refractivity contribution in [1.82, 2.24) is 9.78 Å². The molecule has 96 valence electrons. The maximum Gasteiger partial charge on any atom is 0.124 e. The van der Waals surface area contributed by atoms with Gasteiger partial charge in [0.15, 0.2) is 0 Å². The lowest BCUT2D eigenvalue weighted by Crippen LogP contribution is -2.02. The Hall–Kier alpha value is -1.84. The van der Waals surface area contributed by atoms with Crippen molar-refractivity contribution in [2.24, 2.45) is 7.05 Å². The van der Waals surface area contributed by atoms with Gasteiger partial charge in [0.05, 0.1) is 11.4 Å². The van der Waals surface area contributed by atoms with Crippen LogP contribution in [0.3, 0.4) is 0 Å². The van der Waals surface area contributed by atoms with E-state index >= 15 is 0 Å². The number of nitrogens with two attached hydrogens (primary N) is 1. The zero-order valence-electron chi connectivity index (χ0n) is 11.0. The van der Waals surface area contributed by atoms with Gasteiger partial charge in [0.1, 0.15) is 5.82 Å². The highest BCUT2D eigenvalue weighted by Gasteiger charge is 2.13. The molecular weight excluding hydrogens is 229 g/mol. The normalized spacial score (nSPS) is 10.9. The number of aromatic nitrogens is 2. The molecule has 0 aliphatic rings. The Kier molecular flexibility index (Phi) is 3.36. The van der Waals surface area contributed by atoms with Crippen molar-refractivity contribution < 1.29 is 4.39 Å². The molecule has 18 heavy (non-hydrogen) atoms. The monoisotopic (exact) mass is 247 g/mol. The minimum Gasteiger partial charge on any atom is -0.398 e. The van der Waals surface area contributed by atoms with Gasteiger partial charge in [-0.05, 0) is 37.1 Å². The number of halogens is 1. The molecule has 0 bridgehead atoms. The second-order valence-electron chi connectivity index (χ2n) is 4.57. The molecule has 0 aliphatic carbocycles. The Morgan fingerprint density at radius 1 is 1.33 bits per heavy atom. The van der Waals surface area contributed by atoms with E-state index in [1.165, 1.54) is 12.1 Å². The van der Waals surface area contributed by atoms with E-state index in [9.17, 15) is 4.39 Å². The number of hydrogen-bond donors (Lipinski definition) is 1. The second kappa shape index (κ2) is 4.80. The van der Waals surface area contributed by atoms with Crippen LogP contribution in [0.4, 0.5) is 10.1 Å². The first kappa shape index (κ1) is 12.6. The van der Waals surface area contributed by atoms with E-state index < -0.39 is 0 Å². The minimum absolute atomic E-state index is 0.249. The van der Waals surface area contributed by atoms with Gasteiger partial charge in [-0.2, -0.15) is 5.10 Å². The Balaban J connectivity index is 2.60. The van der Waals surface area contributed by atoms with E-state index in [2.05, 4.69) is 12.0 Å². The smallest absolute Gasteiger partial charge is 0.124 e. The van der Waals surface area contributed by atoms with Crippen LogP contribution >= 0.6 is 0 Å². The lowest BCUT2D eigenvalue weighted by Gasteiger charge is -2.11. The lowest BCUT2D eigenvalue weighted by atomic mass is 10.0. The molecule has 2 aromatic rings. The average molecular weight is 247 g/mol. The molecule has 0 fully saturated rings. The van der Waals surface area contributed by atoms with Gasteiger partial charge in [0.2, 0.25) is 0 Å². The molecule has 2 N–H and O–H groups in total. The number of nitrogen functional groups attached to an aromatic ring is 1. The standard InChI is InChI=1S/C14H18FN3/c1-4-5-10-7-11(15)8-12(14(10)16)13-6-9(2)17-18(13)3/h6-8H,4-5,16H2,1-3H3. The molecule has 0 radical (unpaired) electrons. The van der Waals surface area contributed by atoms with Crippen LogP contribution < -0.4 is 5.73 Å². The van der Waals surface area contributed by atoms with Crippen molar-refractivity contribution in [2.75, 3.05) is 5.73 Å². The van der Waals surface area contributed by atoms with Crippen LogP contribution in [0.2, 0.25) is 0 Å². The fraction of sp³-hybridized carbons (Fsp3) is 0.357. The molecular formula is C14H18FN3. The molecule has 0 spiro atoms. The quantitative estimate of drug-likeness (QED) is 0.847. The van der Waals surface area contributed by atoms with E-state index in [1.54, 1.807) is 4.68 Å². The van der Waals surface area contributed by atoms with Gasteiger partial charge in [-0.25, -0.2) is 4.39 Å². The van der Waals surface area contributed by atoms with Crippen LogP contribution in [0.15, 0.2) is 18.2 Å². The average Bonchev–Trinajstić information content (AvgIpc) is 2.63. The van der Waals surface area contributed by atoms with Gasteiger partial charge in [0.25, 0.3) is 0 Å². The van der Waals surface area contributed by atoms with E-state index in [1.807, 2.05) is 20.0 Å². The van der Waals surface area contributed by atoms with Gasteiger partial charge in [0, 0.05) is 18.3 Å². The fourth-order valence-electron chi connectivity index (χ4n) is 2.23. The molecule has 0 amide bonds. The van der Waals surface area contributed by atoms with Crippen LogP contribution in [0, 0.1) is 12.7 Å². The van der Waals surface area contributed by atoms with Crippen LogP contribution in [0.25, 0.3) is 11.3 Å². The van der Waals surface area contributed by atoms with Crippen molar-refractivity contribution in [3.8, 4) is 11.3 Å². The topological polar surface area (TPSA) is 43.8 Å². The van der Waals surface area contributed by atoms with Gasteiger partial charge >= 0.3 is 0 Å². The van der Waals surface area contributed by atoms with Crippen LogP contribution in [-0.2, 0) is 13.5 Å². The number of nitrogens with zero attached hydrogens (tertiary/aromatic N) is 2. The first-order chi connectivity index (χ1) is 8.52. The number of hydrogen-bond acceptors (Lipinski definition) is 2. The molecule has 2 rings (SSSR count). The molecule has 3 nitrogen and oxygen atoms in total. The minimum atomic E-state index is -0.249. The van der Waals surface area contributed by atoms with Crippen molar-refractivity contribution >= 4 is 5.69 Å². The van der Waals surface area contributed by atoms with E-state index in [4.69, 9.17) is 5.73 Å². The van der Waals surface area contributed by atoms with Crippen molar-refractivity contribution in [1.29, 1.82) is 0 Å². The highest BCUT2D eigenvalue weighted by atomic mass is 19.1. The molecule has 1 aromatic heterocycles. The van der Waals surface area contributed by atoms with E-state index in [-0.39, 0.29) is 5.82 Å². The van der Waals surface area contributed by atoms with Crippen molar-refractivity contribution in [3.63, 3.8) is 0 Å². The zero-order valence-corrected chi connectivity index (χ0v) is 11.0. The highest BCUT2D eigenvalue weighted by Crippen LogP contribution is 2.30. The van der Waals surface area contributed by atoms with Gasteiger partial charge in [-0.3, -0.25) is 4.68 Å². The summed E-state index contributed by atoms with van der Waals surface area (Å²) in [6, 6.07) is 4.91. The summed E-state index contributed by atoms with van der Waals surface area (Å²) in [7, 11) is 1.84. The summed E-state index contributed by atoms with van der Waals surface area (Å²) in [5.41, 5.74) is 10.1. The third-order valence-electron chi connectivity index (χ3n) is 3.03. The van der Waals surface area contributed by atoms with Crippen molar-refractivity contribution in [2.45, 2.75) is 26.7 Å². The summed E-state index contributed by atoms with van der Waals surface area (Å²) < 4.78 is 15.4. The lowest BCUT2D eigenvalue weighted by molar-refractivity contribution is 0.625. The maximum absolute atomic E-state index is 13.7. The number of aryl methyl sites for hydroxylation is 3. The predicted octanol–water partition coefficient (Wildman–Crippen LogP) is 3.07. The second-order valence-corrected chi connectivity index (χ2v) is 4.57. The zero-order chi connectivity index (χ0) is 13.3. The Labute approximate surface area is 106 Å². The summed E-state index contributed by atoms with van der Waals surface area (Å²) in [6.45, 7) is 3.96. The summed E-state index contributed by atoms with van der Waals surface area (Å²) in [4.78, 5) is 0. The van der Waals surface area contributed by atoms with Crippen LogP contribution in [0.1, 0.15) is 24.6 Å². The molecule has 0 unspecified atom stereocenters. The molecule has 0 saturated carbocycles. The van der Waals surface area contributed by atoms with E-state index in [0.717, 1.165) is 35.4 Å². The molecule has 1 aromatic carbocycles. The molecule has 0 saturated heterocycles. The summed E-state index contributed by atoms with van der Waals surface area (Å²) in [6.07, 6.45) is 1.73. The molecule has 0 aliphatic heterocycles. The molecule has 1 heterocycles. The van der Waals surface area contributed by atoms with E-state index in [0.29, 0.717) is 5.69 Å². The number of anilines is 1. The third-order valence-corrected chi connectivity index (χ3v) is 3.03. The van der Waals surface area contributed by atoms with Crippen LogP contribution in [0.5, 0.6) is 0 Å². The van der Waals surface area contributed by atoms with Gasteiger partial charge < -0.3 is 5.73 Å². The maximum atomic E-state index is 13.7. The third kappa shape index (κ3) is 2.23. The first-order valence-corrected chi connectivity index (χ1v) is 6.11. The predicted molar refractivity (Wildman–Crippen MR) is 71.7 cm³/mol. The highest BCUT2D eigenvalue weighted by molar-refractivity contribution is 5.77. The number of benzene rings is 1. The summed E-state index contributed by atoms with van der Waals surface area (Å²) in [5.74, 6) is -0.249. The molecule has 0 atom stereocenters. The molecule has 4 heteroatoms. The Morgan fingerprint density at radius 3 is 2.61 bits per heavy atom. The Morgan fingerprint density at radius 2 is 2.06 bits per heavy atom. The summed E-state index contributed by atoms with van der Waals surface area (Å²) >= 11 is 0. The number of rotatable bonds is 3. The Bertz CT molecular complexity index is 573. The van der Waals surface area contributed by atoms with Crippen molar-refractivity contribution in [3.05, 3.63) is 35.3 Å². The van der Waals surface area contributed by atoms with Crippen LogP contribution in [-0.4, -0.2) is 9.78 Å².